The Kier molecular flexibility index (Phi) is 3.99. The number of nitrogens with one attached hydrogen (secondary N) is 1. The molecule has 3 nitrogen and oxygen atoms in total. The van der Waals surface area contributed by atoms with E-state index in [-0.39, 0.29) is 9.64 Å². The van der Waals surface area contributed by atoms with E-state index in [2.05, 4.69) is 4.72 Å². The van der Waals surface area contributed by atoms with Crippen molar-refractivity contribution in [3.8, 4) is 0 Å². The first-order chi connectivity index (χ1) is 8.47. The van der Waals surface area contributed by atoms with E-state index >= 15 is 0 Å². The molecule has 18 heavy (non-hydrogen) atoms. The zero-order valence-electron chi connectivity index (χ0n) is 10.1. The first-order valence-electron chi connectivity index (χ1n) is 5.78. The molecular weight excluding hydrogens is 273 g/mol. The fraction of sp³-hybridized carbons (Fsp3) is 0.500. The molecule has 1 aromatic rings. The summed E-state index contributed by atoms with van der Waals surface area (Å²) in [5.41, 5.74) is 0. The van der Waals surface area contributed by atoms with Crippen LogP contribution in [0.4, 0.5) is 4.39 Å². The van der Waals surface area contributed by atoms with Crippen LogP contribution < -0.4 is 4.72 Å². The van der Waals surface area contributed by atoms with E-state index in [0.29, 0.717) is 6.54 Å². The fourth-order valence-corrected chi connectivity index (χ4v) is 4.08. The van der Waals surface area contributed by atoms with Crippen LogP contribution in [0.2, 0.25) is 0 Å². The number of rotatable bonds is 5. The Balaban J connectivity index is 2.05. The van der Waals surface area contributed by atoms with Gasteiger partial charge in [-0.25, -0.2) is 17.5 Å². The van der Waals surface area contributed by atoms with Crippen LogP contribution in [0.5, 0.6) is 0 Å². The summed E-state index contributed by atoms with van der Waals surface area (Å²) in [6.07, 6.45) is 5.24. The van der Waals surface area contributed by atoms with Crippen LogP contribution in [0.1, 0.15) is 19.3 Å². The van der Waals surface area contributed by atoms with Crippen LogP contribution in [-0.4, -0.2) is 26.0 Å². The Morgan fingerprint density at radius 1 is 1.33 bits per heavy atom. The van der Waals surface area contributed by atoms with Crippen molar-refractivity contribution in [3.05, 3.63) is 30.1 Å². The molecule has 0 bridgehead atoms. The van der Waals surface area contributed by atoms with Gasteiger partial charge >= 0.3 is 0 Å². The first kappa shape index (κ1) is 13.8. The molecule has 0 amide bonds. The standard InChI is InChI=1S/C12H16FNO2S2/c1-17-12(7-2-8-12)9-14-18(15,16)11-5-3-10(13)4-6-11/h3-6,14H,2,7-9H2,1H3. The summed E-state index contributed by atoms with van der Waals surface area (Å²) in [7, 11) is -3.53. The lowest BCUT2D eigenvalue weighted by Crippen LogP contribution is -2.45. The van der Waals surface area contributed by atoms with Crippen molar-refractivity contribution < 1.29 is 12.8 Å². The maximum atomic E-state index is 12.7. The average Bonchev–Trinajstić information content (AvgIpc) is 2.29. The number of hydrogen-bond donors (Lipinski definition) is 1. The van der Waals surface area contributed by atoms with E-state index < -0.39 is 15.8 Å². The molecule has 1 fully saturated rings. The molecule has 1 aliphatic rings. The minimum absolute atomic E-state index is 0.0487. The molecule has 1 N–H and O–H groups in total. The lowest BCUT2D eigenvalue weighted by atomic mass is 9.84. The third kappa shape index (κ3) is 2.87. The van der Waals surface area contributed by atoms with Gasteiger partial charge in [0.1, 0.15) is 5.82 Å². The molecule has 0 saturated heterocycles. The van der Waals surface area contributed by atoms with Crippen molar-refractivity contribution in [2.24, 2.45) is 0 Å². The van der Waals surface area contributed by atoms with E-state index in [0.717, 1.165) is 31.4 Å². The van der Waals surface area contributed by atoms with Crippen LogP contribution in [0.15, 0.2) is 29.2 Å². The van der Waals surface area contributed by atoms with E-state index in [4.69, 9.17) is 0 Å². The Labute approximate surface area is 111 Å². The van der Waals surface area contributed by atoms with Gasteiger partial charge in [0.25, 0.3) is 0 Å². The molecule has 1 aromatic carbocycles. The van der Waals surface area contributed by atoms with Gasteiger partial charge in [-0.15, -0.1) is 0 Å². The summed E-state index contributed by atoms with van der Waals surface area (Å²) in [4.78, 5) is 0.111. The van der Waals surface area contributed by atoms with Gasteiger partial charge in [0.15, 0.2) is 0 Å². The van der Waals surface area contributed by atoms with Crippen molar-refractivity contribution >= 4 is 21.8 Å². The van der Waals surface area contributed by atoms with Crippen molar-refractivity contribution in [1.82, 2.24) is 4.72 Å². The second-order valence-electron chi connectivity index (χ2n) is 4.52. The zero-order chi connectivity index (χ0) is 13.2. The van der Waals surface area contributed by atoms with Crippen molar-refractivity contribution in [2.75, 3.05) is 12.8 Å². The lowest BCUT2D eigenvalue weighted by Gasteiger charge is -2.40. The van der Waals surface area contributed by atoms with Crippen molar-refractivity contribution in [1.29, 1.82) is 0 Å². The number of halogens is 1. The largest absolute Gasteiger partial charge is 0.240 e. The minimum atomic E-state index is -3.53. The maximum Gasteiger partial charge on any atom is 0.240 e. The van der Waals surface area contributed by atoms with Gasteiger partial charge in [0.2, 0.25) is 10.0 Å². The Morgan fingerprint density at radius 2 is 1.94 bits per heavy atom. The van der Waals surface area contributed by atoms with Gasteiger partial charge in [-0.2, -0.15) is 11.8 Å². The molecule has 0 spiro atoms. The van der Waals surface area contributed by atoms with Crippen LogP contribution in [0.3, 0.4) is 0 Å². The second kappa shape index (κ2) is 5.19. The Morgan fingerprint density at radius 3 is 2.39 bits per heavy atom. The van der Waals surface area contributed by atoms with E-state index in [1.807, 2.05) is 6.26 Å². The molecule has 1 aliphatic carbocycles. The Hall–Kier alpha value is -0.590. The normalized spacial score (nSPS) is 18.3. The summed E-state index contributed by atoms with van der Waals surface area (Å²) >= 11 is 1.71. The molecule has 0 radical (unpaired) electrons. The van der Waals surface area contributed by atoms with Crippen molar-refractivity contribution in [3.63, 3.8) is 0 Å². The summed E-state index contributed by atoms with van der Waals surface area (Å²) in [5, 5.41) is 0. The summed E-state index contributed by atoms with van der Waals surface area (Å²) in [6.45, 7) is 0.438. The van der Waals surface area contributed by atoms with E-state index in [9.17, 15) is 12.8 Å². The smallest absolute Gasteiger partial charge is 0.210 e. The highest BCUT2D eigenvalue weighted by Crippen LogP contribution is 2.42. The number of sulfonamides is 1. The second-order valence-corrected chi connectivity index (χ2v) is 7.56. The molecule has 0 aliphatic heterocycles. The van der Waals surface area contributed by atoms with Gasteiger partial charge in [0.05, 0.1) is 4.90 Å². The average molecular weight is 289 g/mol. The van der Waals surface area contributed by atoms with Crippen LogP contribution in [-0.2, 0) is 10.0 Å². The highest BCUT2D eigenvalue weighted by Gasteiger charge is 2.37. The molecule has 6 heteroatoms. The lowest BCUT2D eigenvalue weighted by molar-refractivity contribution is 0.362. The molecule has 0 atom stereocenters. The quantitative estimate of drug-likeness (QED) is 0.905. The van der Waals surface area contributed by atoms with Gasteiger partial charge < -0.3 is 0 Å². The predicted octanol–water partition coefficient (Wildman–Crippen LogP) is 2.39. The van der Waals surface area contributed by atoms with Gasteiger partial charge in [-0.1, -0.05) is 6.42 Å². The van der Waals surface area contributed by atoms with E-state index in [1.54, 1.807) is 11.8 Å². The predicted molar refractivity (Wildman–Crippen MR) is 71.7 cm³/mol. The SMILES string of the molecule is CSC1(CNS(=O)(=O)c2ccc(F)cc2)CCC1. The molecular formula is C12H16FNO2S2. The molecule has 0 unspecified atom stereocenters. The third-order valence-corrected chi connectivity index (χ3v) is 6.24. The first-order valence-corrected chi connectivity index (χ1v) is 8.49. The topological polar surface area (TPSA) is 46.2 Å². The highest BCUT2D eigenvalue weighted by molar-refractivity contribution is 8.00. The molecule has 2 rings (SSSR count). The summed E-state index contributed by atoms with van der Waals surface area (Å²) < 4.78 is 39.4. The molecule has 100 valence electrons. The van der Waals surface area contributed by atoms with Gasteiger partial charge in [0, 0.05) is 11.3 Å². The number of thioether (sulfide) groups is 1. The zero-order valence-corrected chi connectivity index (χ0v) is 11.8. The van der Waals surface area contributed by atoms with Gasteiger partial charge in [-0.3, -0.25) is 0 Å². The molecule has 0 aromatic heterocycles. The molecule has 0 heterocycles. The van der Waals surface area contributed by atoms with Crippen LogP contribution in [0, 0.1) is 5.82 Å². The van der Waals surface area contributed by atoms with Crippen LogP contribution >= 0.6 is 11.8 Å². The monoisotopic (exact) mass is 289 g/mol. The number of benzene rings is 1. The minimum Gasteiger partial charge on any atom is -0.210 e. The summed E-state index contributed by atoms with van der Waals surface area (Å²) in [6, 6.07) is 4.87. The highest BCUT2D eigenvalue weighted by atomic mass is 32.2. The van der Waals surface area contributed by atoms with Crippen molar-refractivity contribution in [2.45, 2.75) is 28.9 Å². The van der Waals surface area contributed by atoms with Crippen LogP contribution in [0.25, 0.3) is 0 Å². The summed E-state index contributed by atoms with van der Waals surface area (Å²) in [5.74, 6) is -0.437. The maximum absolute atomic E-state index is 12.7. The third-order valence-electron chi connectivity index (χ3n) is 3.41. The Bertz CT molecular complexity index is 504. The fourth-order valence-electron chi connectivity index (χ4n) is 1.95. The number of hydrogen-bond acceptors (Lipinski definition) is 3. The molecule has 1 saturated carbocycles. The van der Waals surface area contributed by atoms with E-state index in [1.165, 1.54) is 12.1 Å². The van der Waals surface area contributed by atoms with Gasteiger partial charge in [-0.05, 0) is 43.4 Å².